The van der Waals surface area contributed by atoms with E-state index in [1.807, 2.05) is 0 Å². The molecule has 86 valence electrons. The second kappa shape index (κ2) is 4.61. The average molecular weight is 231 g/mol. The summed E-state index contributed by atoms with van der Waals surface area (Å²) in [7, 11) is 0. The van der Waals surface area contributed by atoms with Gasteiger partial charge >= 0.3 is 0 Å². The Morgan fingerprint density at radius 1 is 1.24 bits per heavy atom. The zero-order chi connectivity index (χ0) is 12.3. The van der Waals surface area contributed by atoms with Gasteiger partial charge in [-0.2, -0.15) is 0 Å². The average Bonchev–Trinajstić information content (AvgIpc) is 2.32. The molecule has 1 amide bonds. The summed E-state index contributed by atoms with van der Waals surface area (Å²) in [6, 6.07) is 7.79. The predicted octanol–water partition coefficient (Wildman–Crippen LogP) is 2.06. The Morgan fingerprint density at radius 2 is 1.94 bits per heavy atom. The van der Waals surface area contributed by atoms with Crippen LogP contribution in [0.15, 0.2) is 42.7 Å². The highest BCUT2D eigenvalue weighted by molar-refractivity contribution is 6.04. The van der Waals surface area contributed by atoms with Crippen molar-refractivity contribution in [2.24, 2.45) is 0 Å². The number of anilines is 2. The van der Waals surface area contributed by atoms with Crippen LogP contribution in [0.25, 0.3) is 0 Å². The number of hydrogen-bond donors (Lipinski definition) is 2. The van der Waals surface area contributed by atoms with E-state index in [0.717, 1.165) is 12.3 Å². The van der Waals surface area contributed by atoms with Gasteiger partial charge in [-0.15, -0.1) is 0 Å². The number of carbonyl (C=O) groups excluding carboxylic acids is 1. The summed E-state index contributed by atoms with van der Waals surface area (Å²) in [4.78, 5) is 15.3. The number of rotatable bonds is 2. The number of halogens is 1. The van der Waals surface area contributed by atoms with Crippen LogP contribution in [0.1, 0.15) is 10.4 Å². The number of nitrogens with zero attached hydrogens (tertiary/aromatic N) is 1. The number of amides is 1. The Hall–Kier alpha value is -2.43. The summed E-state index contributed by atoms with van der Waals surface area (Å²) < 4.78 is 12.9. The van der Waals surface area contributed by atoms with Crippen LogP contribution < -0.4 is 11.1 Å². The number of carbonyl (C=O) groups is 1. The fourth-order valence-corrected chi connectivity index (χ4v) is 1.31. The summed E-state index contributed by atoms with van der Waals surface area (Å²) in [5.74, 6) is -0.961. The molecule has 3 N–H and O–H groups in total. The molecular weight excluding hydrogens is 221 g/mol. The number of nitrogen functional groups attached to an aromatic ring is 1. The smallest absolute Gasteiger partial charge is 0.257 e. The maximum atomic E-state index is 12.9. The van der Waals surface area contributed by atoms with Gasteiger partial charge in [0.05, 0.1) is 11.8 Å². The lowest BCUT2D eigenvalue weighted by molar-refractivity contribution is 0.102. The van der Waals surface area contributed by atoms with Crippen molar-refractivity contribution in [3.05, 3.63) is 54.1 Å². The van der Waals surface area contributed by atoms with Crippen LogP contribution in [0.4, 0.5) is 15.8 Å². The Labute approximate surface area is 97.3 Å². The Morgan fingerprint density at radius 3 is 2.59 bits per heavy atom. The van der Waals surface area contributed by atoms with Gasteiger partial charge < -0.3 is 11.1 Å². The number of nitrogens with two attached hydrogens (primary N) is 1. The van der Waals surface area contributed by atoms with Crippen LogP contribution in [0.5, 0.6) is 0 Å². The van der Waals surface area contributed by atoms with Gasteiger partial charge in [-0.3, -0.25) is 9.78 Å². The molecule has 1 aromatic heterocycles. The van der Waals surface area contributed by atoms with Crippen molar-refractivity contribution in [2.75, 3.05) is 11.1 Å². The van der Waals surface area contributed by atoms with Gasteiger partial charge in [-0.05, 0) is 30.3 Å². The highest BCUT2D eigenvalue weighted by atomic mass is 19.1. The molecule has 0 saturated carbocycles. The largest absolute Gasteiger partial charge is 0.399 e. The van der Waals surface area contributed by atoms with E-state index in [9.17, 15) is 9.18 Å². The lowest BCUT2D eigenvalue weighted by Gasteiger charge is -2.05. The first-order valence-corrected chi connectivity index (χ1v) is 4.92. The molecule has 0 spiro atoms. The van der Waals surface area contributed by atoms with Crippen molar-refractivity contribution in [3.63, 3.8) is 0 Å². The number of hydrogen-bond acceptors (Lipinski definition) is 3. The van der Waals surface area contributed by atoms with Gasteiger partial charge in [0.1, 0.15) is 5.82 Å². The zero-order valence-electron chi connectivity index (χ0n) is 8.85. The van der Waals surface area contributed by atoms with Crippen molar-refractivity contribution in [2.45, 2.75) is 0 Å². The highest BCUT2D eigenvalue weighted by Crippen LogP contribution is 2.12. The third-order valence-corrected chi connectivity index (χ3v) is 2.14. The summed E-state index contributed by atoms with van der Waals surface area (Å²) in [5.41, 5.74) is 6.88. The summed E-state index contributed by atoms with van der Waals surface area (Å²) in [6.45, 7) is 0. The maximum Gasteiger partial charge on any atom is 0.257 e. The van der Waals surface area contributed by atoms with Crippen molar-refractivity contribution < 1.29 is 9.18 Å². The second-order valence-corrected chi connectivity index (χ2v) is 3.47. The molecule has 2 rings (SSSR count). The molecule has 1 heterocycles. The van der Waals surface area contributed by atoms with Crippen LogP contribution in [0, 0.1) is 5.82 Å². The quantitative estimate of drug-likeness (QED) is 0.777. The van der Waals surface area contributed by atoms with Crippen LogP contribution in [0.2, 0.25) is 0 Å². The first kappa shape index (κ1) is 11.1. The van der Waals surface area contributed by atoms with Crippen molar-refractivity contribution >= 4 is 17.3 Å². The molecule has 0 bridgehead atoms. The summed E-state index contributed by atoms with van der Waals surface area (Å²) >= 11 is 0. The van der Waals surface area contributed by atoms with Crippen LogP contribution >= 0.6 is 0 Å². The molecule has 0 unspecified atom stereocenters. The summed E-state index contributed by atoms with van der Waals surface area (Å²) in [5, 5.41) is 2.61. The third kappa shape index (κ3) is 2.78. The molecule has 0 aliphatic heterocycles. The lowest BCUT2D eigenvalue weighted by atomic mass is 10.2. The molecule has 1 aromatic carbocycles. The number of aromatic nitrogens is 1. The molecule has 0 aliphatic carbocycles. The Kier molecular flexibility index (Phi) is 3.00. The molecule has 0 radical (unpaired) electrons. The SMILES string of the molecule is Nc1ccc(NC(=O)c2cncc(F)c2)cc1. The van der Waals surface area contributed by atoms with Crippen LogP contribution in [0.3, 0.4) is 0 Å². The molecular formula is C12H10FN3O. The second-order valence-electron chi connectivity index (χ2n) is 3.47. The van der Waals surface area contributed by atoms with Crippen molar-refractivity contribution in [3.8, 4) is 0 Å². The topological polar surface area (TPSA) is 68.0 Å². The van der Waals surface area contributed by atoms with Gasteiger partial charge in [0.15, 0.2) is 0 Å². The minimum atomic E-state index is -0.546. The molecule has 0 atom stereocenters. The van der Waals surface area contributed by atoms with E-state index < -0.39 is 11.7 Å². The predicted molar refractivity (Wildman–Crippen MR) is 63.0 cm³/mol. The van der Waals surface area contributed by atoms with E-state index in [0.29, 0.717) is 11.4 Å². The van der Waals surface area contributed by atoms with Crippen LogP contribution in [-0.2, 0) is 0 Å². The molecule has 17 heavy (non-hydrogen) atoms. The molecule has 2 aromatic rings. The van der Waals surface area contributed by atoms with Gasteiger partial charge in [-0.25, -0.2) is 4.39 Å². The Bertz CT molecular complexity index is 540. The zero-order valence-corrected chi connectivity index (χ0v) is 8.85. The lowest BCUT2D eigenvalue weighted by Crippen LogP contribution is -2.12. The minimum absolute atomic E-state index is 0.168. The first-order chi connectivity index (χ1) is 8.15. The summed E-state index contributed by atoms with van der Waals surface area (Å²) in [6.07, 6.45) is 2.34. The van der Waals surface area contributed by atoms with Crippen molar-refractivity contribution in [1.29, 1.82) is 0 Å². The van der Waals surface area contributed by atoms with E-state index >= 15 is 0 Å². The number of benzene rings is 1. The minimum Gasteiger partial charge on any atom is -0.399 e. The van der Waals surface area contributed by atoms with E-state index in [1.54, 1.807) is 24.3 Å². The maximum absolute atomic E-state index is 12.9. The van der Waals surface area contributed by atoms with Crippen molar-refractivity contribution in [1.82, 2.24) is 4.98 Å². The normalized spacial score (nSPS) is 9.94. The number of pyridine rings is 1. The van der Waals surface area contributed by atoms with Gasteiger partial charge in [-0.1, -0.05) is 0 Å². The molecule has 5 heteroatoms. The molecule has 0 aliphatic rings. The number of nitrogens with one attached hydrogen (secondary N) is 1. The first-order valence-electron chi connectivity index (χ1n) is 4.92. The molecule has 0 saturated heterocycles. The van der Waals surface area contributed by atoms with Crippen LogP contribution in [-0.4, -0.2) is 10.9 Å². The van der Waals surface area contributed by atoms with E-state index in [1.165, 1.54) is 6.20 Å². The van der Waals surface area contributed by atoms with E-state index in [2.05, 4.69) is 10.3 Å². The van der Waals surface area contributed by atoms with Gasteiger partial charge in [0.25, 0.3) is 5.91 Å². The fraction of sp³-hybridized carbons (Fsp3) is 0. The third-order valence-electron chi connectivity index (χ3n) is 2.14. The monoisotopic (exact) mass is 231 g/mol. The van der Waals surface area contributed by atoms with E-state index in [-0.39, 0.29) is 5.56 Å². The highest BCUT2D eigenvalue weighted by Gasteiger charge is 2.07. The molecule has 4 nitrogen and oxygen atoms in total. The standard InChI is InChI=1S/C12H10FN3O/c13-9-5-8(6-15-7-9)12(17)16-11-3-1-10(14)2-4-11/h1-7H,14H2,(H,16,17). The van der Waals surface area contributed by atoms with Gasteiger partial charge in [0, 0.05) is 17.6 Å². The van der Waals surface area contributed by atoms with E-state index in [4.69, 9.17) is 5.73 Å². The van der Waals surface area contributed by atoms with Gasteiger partial charge in [0.2, 0.25) is 0 Å². The molecule has 0 fully saturated rings. The fourth-order valence-electron chi connectivity index (χ4n) is 1.31. The Balaban J connectivity index is 2.14.